The lowest BCUT2D eigenvalue weighted by molar-refractivity contribution is 0.122. The van der Waals surface area contributed by atoms with E-state index in [1.54, 1.807) is 0 Å². The molecule has 2 fully saturated rings. The Morgan fingerprint density at radius 1 is 0.500 bits per heavy atom. The maximum atomic E-state index is 5.76. The van der Waals surface area contributed by atoms with E-state index in [0.717, 1.165) is 26.2 Å². The molecule has 6 nitrogen and oxygen atoms in total. The van der Waals surface area contributed by atoms with Crippen LogP contribution in [0.1, 0.15) is 12.8 Å². The number of rotatable bonds is 4. The normalized spacial score (nSPS) is 30.3. The number of hydrogen-bond donors (Lipinski definition) is 2. The van der Waals surface area contributed by atoms with Crippen LogP contribution >= 0.6 is 0 Å². The molecule has 2 rings (SSSR count). The fourth-order valence-electron chi connectivity index (χ4n) is 3.59. The maximum absolute atomic E-state index is 5.76. The molecule has 0 saturated carbocycles. The molecule has 6 heteroatoms. The zero-order valence-corrected chi connectivity index (χ0v) is 14.3. The Balaban J connectivity index is 1.93. The van der Waals surface area contributed by atoms with Gasteiger partial charge in [-0.05, 0) is 39.0 Å². The highest BCUT2D eigenvalue weighted by atomic mass is 15.3. The minimum atomic E-state index is 0.776. The Bertz CT molecular complexity index is 260. The van der Waals surface area contributed by atoms with Crippen molar-refractivity contribution >= 4 is 0 Å². The smallest absolute Gasteiger partial charge is 0.0110 e. The van der Waals surface area contributed by atoms with Crippen LogP contribution in [0.4, 0.5) is 0 Å². The van der Waals surface area contributed by atoms with Gasteiger partial charge in [0.2, 0.25) is 0 Å². The summed E-state index contributed by atoms with van der Waals surface area (Å²) in [6, 6.07) is 0. The Labute approximate surface area is 136 Å². The van der Waals surface area contributed by atoms with Crippen molar-refractivity contribution in [2.75, 3.05) is 91.6 Å². The summed E-state index contributed by atoms with van der Waals surface area (Å²) < 4.78 is 0. The molecule has 0 radical (unpaired) electrons. The van der Waals surface area contributed by atoms with E-state index in [4.69, 9.17) is 11.5 Å². The molecule has 2 aliphatic heterocycles. The summed E-state index contributed by atoms with van der Waals surface area (Å²) in [5.41, 5.74) is 11.5. The molecule has 0 aromatic carbocycles. The predicted octanol–water partition coefficient (Wildman–Crippen LogP) is -1.08. The van der Waals surface area contributed by atoms with E-state index in [1.807, 2.05) is 0 Å². The van der Waals surface area contributed by atoms with Crippen LogP contribution in [0.15, 0.2) is 0 Å². The van der Waals surface area contributed by atoms with Gasteiger partial charge in [0.1, 0.15) is 0 Å². The van der Waals surface area contributed by atoms with E-state index in [-0.39, 0.29) is 0 Å². The average molecular weight is 313 g/mol. The second-order valence-corrected chi connectivity index (χ2v) is 6.65. The summed E-state index contributed by atoms with van der Waals surface area (Å²) >= 11 is 0. The Hall–Kier alpha value is -0.240. The molecule has 0 spiro atoms. The molecule has 0 aliphatic carbocycles. The largest absolute Gasteiger partial charge is 0.329 e. The van der Waals surface area contributed by atoms with Gasteiger partial charge >= 0.3 is 0 Å². The highest BCUT2D eigenvalue weighted by molar-refractivity contribution is 4.74. The molecule has 2 bridgehead atoms. The van der Waals surface area contributed by atoms with Gasteiger partial charge in [0.15, 0.2) is 0 Å². The third-order valence-corrected chi connectivity index (χ3v) is 4.99. The van der Waals surface area contributed by atoms with Gasteiger partial charge in [-0.1, -0.05) is 0 Å². The van der Waals surface area contributed by atoms with Crippen LogP contribution in [-0.2, 0) is 0 Å². The van der Waals surface area contributed by atoms with Gasteiger partial charge in [-0.25, -0.2) is 0 Å². The molecule has 0 amide bonds. The van der Waals surface area contributed by atoms with Crippen molar-refractivity contribution in [1.29, 1.82) is 0 Å². The molecule has 2 aliphatic rings. The molecule has 130 valence electrons. The average Bonchev–Trinajstić information content (AvgIpc) is 2.53. The monoisotopic (exact) mass is 312 g/mol. The van der Waals surface area contributed by atoms with Crippen LogP contribution in [0, 0.1) is 0 Å². The third kappa shape index (κ3) is 6.48. The standard InChI is InChI=1S/C16H36N6/c17-3-9-19-5-1-7-21-13-12-20(10-4-18)6-2-8-22(14-11-19)16-15-21/h1-18H2. The van der Waals surface area contributed by atoms with Crippen molar-refractivity contribution < 1.29 is 0 Å². The van der Waals surface area contributed by atoms with Crippen LogP contribution in [0.3, 0.4) is 0 Å². The van der Waals surface area contributed by atoms with E-state index in [9.17, 15) is 0 Å². The summed E-state index contributed by atoms with van der Waals surface area (Å²) in [7, 11) is 0. The van der Waals surface area contributed by atoms with Gasteiger partial charge in [-0.2, -0.15) is 0 Å². The Morgan fingerprint density at radius 2 is 0.909 bits per heavy atom. The van der Waals surface area contributed by atoms with E-state index in [2.05, 4.69) is 19.6 Å². The second-order valence-electron chi connectivity index (χ2n) is 6.65. The first-order valence-electron chi connectivity index (χ1n) is 9.11. The number of nitrogens with zero attached hydrogens (tertiary/aromatic N) is 4. The molecule has 2 heterocycles. The zero-order chi connectivity index (χ0) is 15.6. The van der Waals surface area contributed by atoms with Crippen LogP contribution in [0.2, 0.25) is 0 Å². The van der Waals surface area contributed by atoms with Crippen molar-refractivity contribution in [2.45, 2.75) is 12.8 Å². The third-order valence-electron chi connectivity index (χ3n) is 4.99. The second kappa shape index (κ2) is 10.5. The molecular formula is C16H36N6. The van der Waals surface area contributed by atoms with Gasteiger partial charge in [0, 0.05) is 65.4 Å². The van der Waals surface area contributed by atoms with E-state index < -0.39 is 0 Å². The maximum Gasteiger partial charge on any atom is 0.0110 e. The predicted molar refractivity (Wildman–Crippen MR) is 93.1 cm³/mol. The molecule has 2 saturated heterocycles. The SMILES string of the molecule is NCCN1CCCN2CCN(CCN)CCCN(CC1)CC2. The first-order chi connectivity index (χ1) is 10.8. The lowest BCUT2D eigenvalue weighted by atomic mass is 10.2. The summed E-state index contributed by atoms with van der Waals surface area (Å²) in [4.78, 5) is 10.4. The quantitative estimate of drug-likeness (QED) is 0.688. The first-order valence-corrected chi connectivity index (χ1v) is 9.11. The summed E-state index contributed by atoms with van der Waals surface area (Å²) in [6.45, 7) is 15.6. The molecule has 4 N–H and O–H groups in total. The van der Waals surface area contributed by atoms with Crippen LogP contribution in [0.5, 0.6) is 0 Å². The lowest BCUT2D eigenvalue weighted by Crippen LogP contribution is -2.47. The minimum absolute atomic E-state index is 0.776. The molecular weight excluding hydrogens is 276 g/mol. The molecule has 0 aromatic rings. The fraction of sp³-hybridized carbons (Fsp3) is 1.00. The van der Waals surface area contributed by atoms with Gasteiger partial charge in [-0.15, -0.1) is 0 Å². The van der Waals surface area contributed by atoms with Crippen molar-refractivity contribution in [1.82, 2.24) is 19.6 Å². The van der Waals surface area contributed by atoms with Crippen molar-refractivity contribution in [2.24, 2.45) is 11.5 Å². The van der Waals surface area contributed by atoms with Crippen molar-refractivity contribution in [3.63, 3.8) is 0 Å². The van der Waals surface area contributed by atoms with Crippen LogP contribution in [-0.4, -0.2) is 111 Å². The summed E-state index contributed by atoms with van der Waals surface area (Å²) in [5, 5.41) is 0. The lowest BCUT2D eigenvalue weighted by Gasteiger charge is -2.35. The van der Waals surface area contributed by atoms with E-state index >= 15 is 0 Å². The number of nitrogens with two attached hydrogens (primary N) is 2. The van der Waals surface area contributed by atoms with Gasteiger partial charge in [0.05, 0.1) is 0 Å². The summed E-state index contributed by atoms with van der Waals surface area (Å²) in [5.74, 6) is 0. The molecule has 0 aromatic heterocycles. The van der Waals surface area contributed by atoms with Gasteiger partial charge in [0.25, 0.3) is 0 Å². The first kappa shape index (κ1) is 18.1. The Kier molecular flexibility index (Phi) is 8.66. The van der Waals surface area contributed by atoms with Gasteiger partial charge < -0.3 is 31.1 Å². The van der Waals surface area contributed by atoms with Gasteiger partial charge in [-0.3, -0.25) is 0 Å². The van der Waals surface area contributed by atoms with Crippen LogP contribution < -0.4 is 11.5 Å². The van der Waals surface area contributed by atoms with Crippen LogP contribution in [0.25, 0.3) is 0 Å². The van der Waals surface area contributed by atoms with Crippen molar-refractivity contribution in [3.05, 3.63) is 0 Å². The molecule has 2 atom stereocenters. The number of fused-ring (bicyclic) bond motifs is 3. The van der Waals surface area contributed by atoms with Crippen molar-refractivity contribution in [3.8, 4) is 0 Å². The molecule has 2 unspecified atom stereocenters. The highest BCUT2D eigenvalue weighted by Gasteiger charge is 2.17. The molecule has 22 heavy (non-hydrogen) atoms. The minimum Gasteiger partial charge on any atom is -0.329 e. The Morgan fingerprint density at radius 3 is 1.32 bits per heavy atom. The number of hydrogen-bond acceptors (Lipinski definition) is 6. The summed E-state index contributed by atoms with van der Waals surface area (Å²) in [6.07, 6.45) is 2.52. The highest BCUT2D eigenvalue weighted by Crippen LogP contribution is 2.05. The topological polar surface area (TPSA) is 65.0 Å². The van der Waals surface area contributed by atoms with E-state index in [1.165, 1.54) is 78.3 Å². The fourth-order valence-corrected chi connectivity index (χ4v) is 3.59. The zero-order valence-electron chi connectivity index (χ0n) is 14.3. The van der Waals surface area contributed by atoms with E-state index in [0.29, 0.717) is 0 Å².